The predicted molar refractivity (Wildman–Crippen MR) is 99.8 cm³/mol. The van der Waals surface area contributed by atoms with E-state index in [-0.39, 0.29) is 30.5 Å². The van der Waals surface area contributed by atoms with Gasteiger partial charge in [0.1, 0.15) is 5.75 Å². The van der Waals surface area contributed by atoms with Gasteiger partial charge in [-0.25, -0.2) is 0 Å². The second-order valence-corrected chi connectivity index (χ2v) is 6.13. The fourth-order valence-electron chi connectivity index (χ4n) is 2.96. The number of nitro benzene ring substituents is 1. The molecular formula is C19H19N3O5. The van der Waals surface area contributed by atoms with Gasteiger partial charge in [-0.3, -0.25) is 19.7 Å². The van der Waals surface area contributed by atoms with E-state index in [9.17, 15) is 19.7 Å². The van der Waals surface area contributed by atoms with Crippen LogP contribution in [0.1, 0.15) is 13.3 Å². The van der Waals surface area contributed by atoms with E-state index < -0.39 is 10.8 Å². The summed E-state index contributed by atoms with van der Waals surface area (Å²) in [5, 5.41) is 13.5. The van der Waals surface area contributed by atoms with E-state index in [1.165, 1.54) is 18.2 Å². The van der Waals surface area contributed by atoms with Crippen molar-refractivity contribution in [2.75, 3.05) is 23.4 Å². The zero-order valence-electron chi connectivity index (χ0n) is 14.8. The number of benzene rings is 2. The maximum atomic E-state index is 12.5. The number of ether oxygens (including phenoxy) is 1. The van der Waals surface area contributed by atoms with Crippen molar-refractivity contribution in [1.82, 2.24) is 0 Å². The first-order chi connectivity index (χ1) is 13.0. The Kier molecular flexibility index (Phi) is 5.35. The number of nitrogens with one attached hydrogen (secondary N) is 1. The van der Waals surface area contributed by atoms with Crippen LogP contribution in [0.2, 0.25) is 0 Å². The van der Waals surface area contributed by atoms with E-state index in [0.717, 1.165) is 0 Å². The van der Waals surface area contributed by atoms with E-state index in [2.05, 4.69) is 5.32 Å². The van der Waals surface area contributed by atoms with E-state index >= 15 is 0 Å². The summed E-state index contributed by atoms with van der Waals surface area (Å²) in [4.78, 5) is 36.7. The van der Waals surface area contributed by atoms with Crippen molar-refractivity contribution in [2.24, 2.45) is 5.92 Å². The predicted octanol–water partition coefficient (Wildman–Crippen LogP) is 2.99. The van der Waals surface area contributed by atoms with Gasteiger partial charge in [0.05, 0.1) is 17.4 Å². The van der Waals surface area contributed by atoms with Gasteiger partial charge in [0.25, 0.3) is 5.69 Å². The monoisotopic (exact) mass is 369 g/mol. The average Bonchev–Trinajstić information content (AvgIpc) is 3.05. The zero-order valence-corrected chi connectivity index (χ0v) is 14.8. The van der Waals surface area contributed by atoms with Gasteiger partial charge in [0.2, 0.25) is 11.8 Å². The number of non-ortho nitro benzene ring substituents is 1. The summed E-state index contributed by atoms with van der Waals surface area (Å²) in [6.45, 7) is 2.71. The van der Waals surface area contributed by atoms with Gasteiger partial charge in [0.15, 0.2) is 0 Å². The number of carbonyl (C=O) groups is 2. The fraction of sp³-hybridized carbons (Fsp3) is 0.263. The van der Waals surface area contributed by atoms with Crippen LogP contribution in [-0.4, -0.2) is 29.9 Å². The molecule has 1 unspecified atom stereocenters. The molecule has 2 aromatic carbocycles. The van der Waals surface area contributed by atoms with Crippen LogP contribution in [0.5, 0.6) is 5.75 Å². The van der Waals surface area contributed by atoms with Crippen molar-refractivity contribution in [3.8, 4) is 5.75 Å². The molecule has 1 fully saturated rings. The van der Waals surface area contributed by atoms with Gasteiger partial charge < -0.3 is 15.0 Å². The molecule has 0 saturated carbocycles. The highest BCUT2D eigenvalue weighted by atomic mass is 16.6. The number of amides is 2. The number of nitro groups is 1. The molecule has 0 bridgehead atoms. The largest absolute Gasteiger partial charge is 0.494 e. The Morgan fingerprint density at radius 2 is 2.04 bits per heavy atom. The molecule has 1 aliphatic rings. The maximum absolute atomic E-state index is 12.5. The summed E-state index contributed by atoms with van der Waals surface area (Å²) in [5.41, 5.74) is 0.932. The topological polar surface area (TPSA) is 102 Å². The minimum absolute atomic E-state index is 0.0912. The number of hydrogen-bond donors (Lipinski definition) is 1. The third-order valence-corrected chi connectivity index (χ3v) is 4.28. The highest BCUT2D eigenvalue weighted by Crippen LogP contribution is 2.28. The third-order valence-electron chi connectivity index (χ3n) is 4.28. The molecule has 0 aliphatic carbocycles. The number of nitrogens with zero attached hydrogens (tertiary/aromatic N) is 2. The molecular weight excluding hydrogens is 350 g/mol. The molecule has 0 radical (unpaired) electrons. The van der Waals surface area contributed by atoms with Crippen LogP contribution in [-0.2, 0) is 9.59 Å². The van der Waals surface area contributed by atoms with E-state index in [1.54, 1.807) is 35.2 Å². The van der Waals surface area contributed by atoms with Gasteiger partial charge in [-0.15, -0.1) is 0 Å². The zero-order chi connectivity index (χ0) is 19.4. The van der Waals surface area contributed by atoms with Crippen LogP contribution in [0.4, 0.5) is 17.1 Å². The first kappa shape index (κ1) is 18.4. The van der Waals surface area contributed by atoms with Crippen LogP contribution in [0, 0.1) is 16.0 Å². The molecule has 2 aromatic rings. The summed E-state index contributed by atoms with van der Waals surface area (Å²) in [6.07, 6.45) is 0.0912. The van der Waals surface area contributed by atoms with Crippen LogP contribution in [0.15, 0.2) is 48.5 Å². The smallest absolute Gasteiger partial charge is 0.271 e. The molecule has 2 amide bonds. The molecule has 1 N–H and O–H groups in total. The Morgan fingerprint density at radius 1 is 1.30 bits per heavy atom. The van der Waals surface area contributed by atoms with Gasteiger partial charge >= 0.3 is 0 Å². The summed E-state index contributed by atoms with van der Waals surface area (Å²) in [6, 6.07) is 12.8. The van der Waals surface area contributed by atoms with Crippen molar-refractivity contribution >= 4 is 28.9 Å². The molecule has 27 heavy (non-hydrogen) atoms. The van der Waals surface area contributed by atoms with Crippen molar-refractivity contribution in [1.29, 1.82) is 0 Å². The molecule has 8 nitrogen and oxygen atoms in total. The third kappa shape index (κ3) is 4.22. The maximum Gasteiger partial charge on any atom is 0.271 e. The Morgan fingerprint density at radius 3 is 2.70 bits per heavy atom. The van der Waals surface area contributed by atoms with Gasteiger partial charge in [-0.1, -0.05) is 6.07 Å². The summed E-state index contributed by atoms with van der Waals surface area (Å²) < 4.78 is 5.39. The molecule has 8 heteroatoms. The van der Waals surface area contributed by atoms with Crippen LogP contribution in [0.3, 0.4) is 0 Å². The van der Waals surface area contributed by atoms with Crippen molar-refractivity contribution < 1.29 is 19.2 Å². The minimum Gasteiger partial charge on any atom is -0.494 e. The van der Waals surface area contributed by atoms with E-state index in [0.29, 0.717) is 23.7 Å². The lowest BCUT2D eigenvalue weighted by molar-refractivity contribution is -0.384. The first-order valence-electron chi connectivity index (χ1n) is 8.56. The van der Waals surface area contributed by atoms with Crippen molar-refractivity contribution in [3.63, 3.8) is 0 Å². The number of anilines is 2. The summed E-state index contributed by atoms with van der Waals surface area (Å²) in [5.74, 6) is -0.285. The van der Waals surface area contributed by atoms with Crippen molar-refractivity contribution in [2.45, 2.75) is 13.3 Å². The van der Waals surface area contributed by atoms with E-state index in [4.69, 9.17) is 4.74 Å². The van der Waals surface area contributed by atoms with Crippen LogP contribution in [0.25, 0.3) is 0 Å². The Labute approximate surface area is 155 Å². The summed E-state index contributed by atoms with van der Waals surface area (Å²) in [7, 11) is 0. The lowest BCUT2D eigenvalue weighted by Crippen LogP contribution is -2.28. The normalized spacial score (nSPS) is 16.3. The molecule has 1 aliphatic heterocycles. The molecule has 1 saturated heterocycles. The number of hydrogen-bond acceptors (Lipinski definition) is 5. The van der Waals surface area contributed by atoms with Crippen LogP contribution >= 0.6 is 0 Å². The standard InChI is InChI=1S/C19H19N3O5/c1-2-27-17-8-6-15(7-9-17)21-12-13(10-18(21)23)19(24)20-14-4-3-5-16(11-14)22(25)26/h3-9,11,13H,2,10,12H2,1H3,(H,20,24). The molecule has 1 atom stereocenters. The van der Waals surface area contributed by atoms with Crippen molar-refractivity contribution in [3.05, 3.63) is 58.6 Å². The molecule has 3 rings (SSSR count). The van der Waals surface area contributed by atoms with Gasteiger partial charge in [-0.05, 0) is 37.3 Å². The Hall–Kier alpha value is -3.42. The molecule has 0 spiro atoms. The summed E-state index contributed by atoms with van der Waals surface area (Å²) >= 11 is 0. The van der Waals surface area contributed by atoms with Crippen LogP contribution < -0.4 is 15.0 Å². The Bertz CT molecular complexity index is 866. The fourth-order valence-corrected chi connectivity index (χ4v) is 2.96. The van der Waals surface area contributed by atoms with Gasteiger partial charge in [0, 0.05) is 36.5 Å². The quantitative estimate of drug-likeness (QED) is 0.623. The molecule has 1 heterocycles. The first-order valence-corrected chi connectivity index (χ1v) is 8.56. The highest BCUT2D eigenvalue weighted by Gasteiger charge is 2.35. The SMILES string of the molecule is CCOc1ccc(N2CC(C(=O)Nc3cccc([N+](=O)[O-])c3)CC2=O)cc1. The van der Waals surface area contributed by atoms with E-state index in [1.807, 2.05) is 6.92 Å². The number of carbonyl (C=O) groups excluding carboxylic acids is 2. The highest BCUT2D eigenvalue weighted by molar-refractivity contribution is 6.03. The second kappa shape index (κ2) is 7.86. The second-order valence-electron chi connectivity index (χ2n) is 6.13. The molecule has 0 aromatic heterocycles. The minimum atomic E-state index is -0.525. The average molecular weight is 369 g/mol. The lowest BCUT2D eigenvalue weighted by atomic mass is 10.1. The Balaban J connectivity index is 1.66. The lowest BCUT2D eigenvalue weighted by Gasteiger charge is -2.17. The number of rotatable bonds is 6. The van der Waals surface area contributed by atoms with Gasteiger partial charge in [-0.2, -0.15) is 0 Å². The molecule has 140 valence electrons.